The summed E-state index contributed by atoms with van der Waals surface area (Å²) in [7, 11) is 0. The molecular formula is C44H29NO. The average Bonchev–Trinajstić information content (AvgIpc) is 3.52. The molecule has 9 aromatic rings. The summed E-state index contributed by atoms with van der Waals surface area (Å²) in [5, 5.41) is 7.03. The summed E-state index contributed by atoms with van der Waals surface area (Å²) in [6.45, 7) is 0. The van der Waals surface area contributed by atoms with Gasteiger partial charge in [0.1, 0.15) is 11.2 Å². The monoisotopic (exact) mass is 587 g/mol. The zero-order valence-electron chi connectivity index (χ0n) is 25.1. The maximum Gasteiger partial charge on any atom is 0.143 e. The predicted molar refractivity (Wildman–Crippen MR) is 194 cm³/mol. The van der Waals surface area contributed by atoms with Crippen molar-refractivity contribution in [3.05, 3.63) is 176 Å². The summed E-state index contributed by atoms with van der Waals surface area (Å²) in [5.41, 5.74) is 9.72. The van der Waals surface area contributed by atoms with Crippen LogP contribution in [0, 0.1) is 0 Å². The van der Waals surface area contributed by atoms with Gasteiger partial charge >= 0.3 is 0 Å². The van der Waals surface area contributed by atoms with Crippen molar-refractivity contribution in [3.8, 4) is 22.3 Å². The highest BCUT2D eigenvalue weighted by Gasteiger charge is 2.22. The average molecular weight is 588 g/mol. The molecule has 0 saturated heterocycles. The normalized spacial score (nSPS) is 11.5. The van der Waals surface area contributed by atoms with E-state index < -0.39 is 0 Å². The molecule has 2 nitrogen and oxygen atoms in total. The highest BCUT2D eigenvalue weighted by molar-refractivity contribution is 6.30. The topological polar surface area (TPSA) is 16.4 Å². The number of hydrogen-bond donors (Lipinski definition) is 0. The molecule has 9 rings (SSSR count). The van der Waals surface area contributed by atoms with Crippen molar-refractivity contribution in [3.63, 3.8) is 0 Å². The van der Waals surface area contributed by atoms with Crippen LogP contribution in [0.15, 0.2) is 180 Å². The number of rotatable bonds is 5. The van der Waals surface area contributed by atoms with Gasteiger partial charge in [0.2, 0.25) is 0 Å². The number of fused-ring (bicyclic) bond motifs is 8. The zero-order chi connectivity index (χ0) is 30.5. The fraction of sp³-hybridized carbons (Fsp3) is 0. The third kappa shape index (κ3) is 4.27. The molecule has 1 heterocycles. The molecule has 0 fully saturated rings. The van der Waals surface area contributed by atoms with Crippen molar-refractivity contribution < 1.29 is 4.42 Å². The minimum atomic E-state index is 0.881. The van der Waals surface area contributed by atoms with Gasteiger partial charge in [0.15, 0.2) is 0 Å². The molecule has 0 radical (unpaired) electrons. The molecule has 0 saturated carbocycles. The summed E-state index contributed by atoms with van der Waals surface area (Å²) in [6.07, 6.45) is 0. The first-order valence-corrected chi connectivity index (χ1v) is 15.7. The lowest BCUT2D eigenvalue weighted by atomic mass is 9.95. The summed E-state index contributed by atoms with van der Waals surface area (Å²) in [4.78, 5) is 2.37. The maximum atomic E-state index is 6.83. The molecule has 0 aliphatic carbocycles. The van der Waals surface area contributed by atoms with Crippen molar-refractivity contribution in [1.82, 2.24) is 0 Å². The first-order chi connectivity index (χ1) is 22.8. The lowest BCUT2D eigenvalue weighted by molar-refractivity contribution is 0.673. The van der Waals surface area contributed by atoms with Crippen molar-refractivity contribution in [2.75, 3.05) is 4.90 Å². The van der Waals surface area contributed by atoms with E-state index >= 15 is 0 Å². The van der Waals surface area contributed by atoms with Gasteiger partial charge in [-0.1, -0.05) is 140 Å². The van der Waals surface area contributed by atoms with E-state index in [9.17, 15) is 0 Å². The van der Waals surface area contributed by atoms with Crippen LogP contribution >= 0.6 is 0 Å². The van der Waals surface area contributed by atoms with Crippen LogP contribution in [0.4, 0.5) is 17.1 Å². The lowest BCUT2D eigenvalue weighted by Crippen LogP contribution is -2.11. The Hall–Kier alpha value is -6.12. The van der Waals surface area contributed by atoms with Crippen molar-refractivity contribution in [2.45, 2.75) is 0 Å². The van der Waals surface area contributed by atoms with Gasteiger partial charge in [0.25, 0.3) is 0 Å². The summed E-state index contributed by atoms with van der Waals surface area (Å²) in [5.74, 6) is 0. The molecule has 216 valence electrons. The fourth-order valence-corrected chi connectivity index (χ4v) is 6.91. The second kappa shape index (κ2) is 10.8. The highest BCUT2D eigenvalue weighted by atomic mass is 16.3. The number of anilines is 3. The van der Waals surface area contributed by atoms with Gasteiger partial charge in [-0.15, -0.1) is 0 Å². The summed E-state index contributed by atoms with van der Waals surface area (Å²) < 4.78 is 6.83. The van der Waals surface area contributed by atoms with E-state index in [2.05, 4.69) is 181 Å². The van der Waals surface area contributed by atoms with Gasteiger partial charge < -0.3 is 9.32 Å². The Morgan fingerprint density at radius 2 is 0.870 bits per heavy atom. The quantitative estimate of drug-likeness (QED) is 0.186. The SMILES string of the molecule is c1ccc(-c2ccc(N(c3ccccc3)c3cc4c(cc3-c3ccccc3)oc3c5ccccc5c5ccccc5c43)cc2)cc1. The molecular weight excluding hydrogens is 558 g/mol. The van der Waals surface area contributed by atoms with Crippen LogP contribution in [0.3, 0.4) is 0 Å². The number of para-hydroxylation sites is 1. The lowest BCUT2D eigenvalue weighted by Gasteiger charge is -2.28. The van der Waals surface area contributed by atoms with Crippen LogP contribution < -0.4 is 4.90 Å². The largest absolute Gasteiger partial charge is 0.455 e. The van der Waals surface area contributed by atoms with Gasteiger partial charge in [-0.3, -0.25) is 0 Å². The van der Waals surface area contributed by atoms with Gasteiger partial charge in [0.05, 0.1) is 5.69 Å². The van der Waals surface area contributed by atoms with E-state index in [1.54, 1.807) is 0 Å². The van der Waals surface area contributed by atoms with E-state index in [4.69, 9.17) is 4.42 Å². The number of hydrogen-bond acceptors (Lipinski definition) is 2. The van der Waals surface area contributed by atoms with Gasteiger partial charge in [-0.25, -0.2) is 0 Å². The van der Waals surface area contributed by atoms with E-state index in [1.807, 2.05) is 0 Å². The Bertz CT molecular complexity index is 2500. The maximum absolute atomic E-state index is 6.83. The Morgan fingerprint density at radius 1 is 0.370 bits per heavy atom. The first-order valence-electron chi connectivity index (χ1n) is 15.7. The fourth-order valence-electron chi connectivity index (χ4n) is 6.91. The minimum Gasteiger partial charge on any atom is -0.455 e. The molecule has 0 unspecified atom stereocenters. The molecule has 46 heavy (non-hydrogen) atoms. The van der Waals surface area contributed by atoms with E-state index in [-0.39, 0.29) is 0 Å². The molecule has 0 amide bonds. The number of furan rings is 1. The van der Waals surface area contributed by atoms with Crippen LogP contribution in [0.1, 0.15) is 0 Å². The Balaban J connectivity index is 1.37. The standard InChI is InChI=1S/C44H29NO/c1-4-14-30(15-5-1)31-24-26-34(27-25-31)45(33-18-8-3-9-19-33)41-28-40-42(29-39(41)32-16-6-2-7-17-32)46-44-38-23-13-11-21-36(38)35-20-10-12-22-37(35)43(40)44/h1-29H. The third-order valence-electron chi connectivity index (χ3n) is 9.04. The van der Waals surface area contributed by atoms with Crippen molar-refractivity contribution in [1.29, 1.82) is 0 Å². The Labute approximate surface area is 267 Å². The van der Waals surface area contributed by atoms with Crippen LogP contribution in [0.5, 0.6) is 0 Å². The molecule has 0 spiro atoms. The van der Waals surface area contributed by atoms with Gasteiger partial charge in [0, 0.05) is 33.1 Å². The first kappa shape index (κ1) is 26.3. The van der Waals surface area contributed by atoms with E-state index in [0.717, 1.165) is 55.5 Å². The molecule has 0 bridgehead atoms. The minimum absolute atomic E-state index is 0.881. The van der Waals surface area contributed by atoms with Crippen LogP contribution in [-0.4, -0.2) is 0 Å². The zero-order valence-corrected chi connectivity index (χ0v) is 25.1. The predicted octanol–water partition coefficient (Wildman–Crippen LogP) is 12.7. The van der Waals surface area contributed by atoms with Crippen molar-refractivity contribution >= 4 is 60.5 Å². The number of benzene rings is 8. The second-order valence-corrected chi connectivity index (χ2v) is 11.7. The smallest absolute Gasteiger partial charge is 0.143 e. The highest BCUT2D eigenvalue weighted by Crippen LogP contribution is 2.47. The van der Waals surface area contributed by atoms with E-state index in [1.165, 1.54) is 27.3 Å². The van der Waals surface area contributed by atoms with Crippen LogP contribution in [0.25, 0.3) is 65.7 Å². The summed E-state index contributed by atoms with van der Waals surface area (Å²) in [6, 6.07) is 62.5. The third-order valence-corrected chi connectivity index (χ3v) is 9.04. The van der Waals surface area contributed by atoms with Gasteiger partial charge in [-0.2, -0.15) is 0 Å². The molecule has 0 aliphatic heterocycles. The van der Waals surface area contributed by atoms with Gasteiger partial charge in [-0.05, 0) is 69.2 Å². The van der Waals surface area contributed by atoms with E-state index in [0.29, 0.717) is 0 Å². The molecule has 1 aromatic heterocycles. The molecule has 0 aliphatic rings. The Morgan fingerprint density at radius 3 is 1.54 bits per heavy atom. The molecule has 0 N–H and O–H groups in total. The van der Waals surface area contributed by atoms with Crippen LogP contribution in [0.2, 0.25) is 0 Å². The second-order valence-electron chi connectivity index (χ2n) is 11.7. The van der Waals surface area contributed by atoms with Crippen molar-refractivity contribution in [2.24, 2.45) is 0 Å². The molecule has 0 atom stereocenters. The number of nitrogens with zero attached hydrogens (tertiary/aromatic N) is 1. The Kier molecular flexibility index (Phi) is 6.17. The van der Waals surface area contributed by atoms with Crippen LogP contribution in [-0.2, 0) is 0 Å². The molecule has 2 heteroatoms. The summed E-state index contributed by atoms with van der Waals surface area (Å²) >= 11 is 0. The molecule has 8 aromatic carbocycles.